The van der Waals surface area contributed by atoms with Crippen LogP contribution in [0.2, 0.25) is 0 Å². The normalized spacial score (nSPS) is 13.6. The molecular formula is C22H21N3OS. The number of H-pyrrole nitrogens is 1. The number of fused-ring (bicyclic) bond motifs is 1. The van der Waals surface area contributed by atoms with Crippen LogP contribution in [-0.4, -0.2) is 9.97 Å². The largest absolute Gasteiger partial charge is 0.309 e. The Morgan fingerprint density at radius 3 is 2.56 bits per heavy atom. The Morgan fingerprint density at radius 1 is 1.04 bits per heavy atom. The minimum absolute atomic E-state index is 0.0392. The summed E-state index contributed by atoms with van der Waals surface area (Å²) in [5.41, 5.74) is 3.04. The summed E-state index contributed by atoms with van der Waals surface area (Å²) in [5.74, 6) is 0.646. The van der Waals surface area contributed by atoms with E-state index in [1.165, 1.54) is 16.0 Å². The van der Waals surface area contributed by atoms with Gasteiger partial charge in [-0.1, -0.05) is 48.0 Å². The van der Waals surface area contributed by atoms with Gasteiger partial charge >= 0.3 is 0 Å². The van der Waals surface area contributed by atoms with Gasteiger partial charge in [0, 0.05) is 4.88 Å². The van der Waals surface area contributed by atoms with Crippen molar-refractivity contribution in [3.8, 4) is 0 Å². The molecule has 0 fully saturated rings. The van der Waals surface area contributed by atoms with Crippen LogP contribution in [0.3, 0.4) is 0 Å². The minimum atomic E-state index is -0.115. The Balaban J connectivity index is 1.69. The number of nitrogens with zero attached hydrogens (tertiary/aromatic N) is 1. The molecule has 4 rings (SSSR count). The maximum Gasteiger partial charge on any atom is 0.258 e. The molecule has 0 amide bonds. The molecule has 0 saturated heterocycles. The van der Waals surface area contributed by atoms with Crippen LogP contribution in [0.1, 0.15) is 40.8 Å². The highest BCUT2D eigenvalue weighted by atomic mass is 32.1. The van der Waals surface area contributed by atoms with E-state index in [1.807, 2.05) is 25.1 Å². The van der Waals surface area contributed by atoms with Gasteiger partial charge in [-0.3, -0.25) is 10.1 Å². The van der Waals surface area contributed by atoms with Gasteiger partial charge in [0.1, 0.15) is 5.82 Å². The predicted octanol–water partition coefficient (Wildman–Crippen LogP) is 4.73. The lowest BCUT2D eigenvalue weighted by Crippen LogP contribution is -2.28. The molecule has 5 heteroatoms. The number of nitrogens with one attached hydrogen (secondary N) is 2. The van der Waals surface area contributed by atoms with E-state index in [-0.39, 0.29) is 17.6 Å². The van der Waals surface area contributed by atoms with Crippen molar-refractivity contribution >= 4 is 22.2 Å². The summed E-state index contributed by atoms with van der Waals surface area (Å²) in [6.07, 6.45) is 0. The average molecular weight is 375 g/mol. The molecule has 2 heterocycles. The number of para-hydroxylation sites is 1. The summed E-state index contributed by atoms with van der Waals surface area (Å²) in [4.78, 5) is 21.2. The van der Waals surface area contributed by atoms with Crippen molar-refractivity contribution in [2.24, 2.45) is 0 Å². The first-order valence-electron chi connectivity index (χ1n) is 8.97. The number of benzene rings is 2. The van der Waals surface area contributed by atoms with Gasteiger partial charge in [-0.2, -0.15) is 0 Å². The molecule has 4 nitrogen and oxygen atoms in total. The number of aromatic amines is 1. The second-order valence-electron chi connectivity index (χ2n) is 6.72. The lowest BCUT2D eigenvalue weighted by atomic mass is 10.0. The summed E-state index contributed by atoms with van der Waals surface area (Å²) in [5, 5.41) is 6.34. The van der Waals surface area contributed by atoms with Crippen LogP contribution < -0.4 is 10.9 Å². The summed E-state index contributed by atoms with van der Waals surface area (Å²) in [7, 11) is 0. The third-order valence-electron chi connectivity index (χ3n) is 4.70. The zero-order valence-corrected chi connectivity index (χ0v) is 16.1. The van der Waals surface area contributed by atoms with Crippen LogP contribution in [-0.2, 0) is 0 Å². The van der Waals surface area contributed by atoms with E-state index in [1.54, 1.807) is 17.4 Å². The fourth-order valence-electron chi connectivity index (χ4n) is 3.20. The number of aromatic nitrogens is 2. The summed E-state index contributed by atoms with van der Waals surface area (Å²) in [6, 6.07) is 20.1. The summed E-state index contributed by atoms with van der Waals surface area (Å²) < 4.78 is 0. The zero-order chi connectivity index (χ0) is 18.8. The van der Waals surface area contributed by atoms with Crippen LogP contribution >= 0.6 is 11.3 Å². The van der Waals surface area contributed by atoms with Crippen molar-refractivity contribution in [3.63, 3.8) is 0 Å². The molecule has 0 spiro atoms. The highest BCUT2D eigenvalue weighted by molar-refractivity contribution is 7.10. The van der Waals surface area contributed by atoms with Gasteiger partial charge in [-0.05, 0) is 43.0 Å². The fourth-order valence-corrected chi connectivity index (χ4v) is 4.01. The highest BCUT2D eigenvalue weighted by Gasteiger charge is 2.20. The van der Waals surface area contributed by atoms with Crippen LogP contribution in [0.15, 0.2) is 70.8 Å². The third kappa shape index (κ3) is 3.70. The van der Waals surface area contributed by atoms with Gasteiger partial charge in [0.25, 0.3) is 5.56 Å². The summed E-state index contributed by atoms with van der Waals surface area (Å²) in [6.45, 7) is 4.12. The van der Waals surface area contributed by atoms with Crippen LogP contribution in [0.5, 0.6) is 0 Å². The van der Waals surface area contributed by atoms with Gasteiger partial charge in [0.05, 0.1) is 23.0 Å². The monoisotopic (exact) mass is 375 g/mol. The molecule has 0 aliphatic heterocycles. The van der Waals surface area contributed by atoms with Crippen molar-refractivity contribution in [1.29, 1.82) is 0 Å². The van der Waals surface area contributed by atoms with Gasteiger partial charge < -0.3 is 4.98 Å². The quantitative estimate of drug-likeness (QED) is 0.530. The number of hydrogen-bond donors (Lipinski definition) is 2. The van der Waals surface area contributed by atoms with Gasteiger partial charge in [-0.15, -0.1) is 11.3 Å². The van der Waals surface area contributed by atoms with Crippen LogP contribution in [0, 0.1) is 6.92 Å². The maximum absolute atomic E-state index is 12.4. The lowest BCUT2D eigenvalue weighted by Gasteiger charge is -2.23. The Morgan fingerprint density at radius 2 is 1.81 bits per heavy atom. The maximum atomic E-state index is 12.4. The second kappa shape index (κ2) is 7.47. The first-order chi connectivity index (χ1) is 13.1. The topological polar surface area (TPSA) is 57.8 Å². The van der Waals surface area contributed by atoms with E-state index in [0.29, 0.717) is 16.7 Å². The minimum Gasteiger partial charge on any atom is -0.309 e. The molecule has 2 aromatic heterocycles. The highest BCUT2D eigenvalue weighted by Crippen LogP contribution is 2.28. The van der Waals surface area contributed by atoms with Gasteiger partial charge in [0.15, 0.2) is 0 Å². The number of rotatable bonds is 5. The molecule has 0 bridgehead atoms. The fraction of sp³-hybridized carbons (Fsp3) is 0.182. The molecular weight excluding hydrogens is 354 g/mol. The summed E-state index contributed by atoms with van der Waals surface area (Å²) >= 11 is 1.72. The van der Waals surface area contributed by atoms with Crippen molar-refractivity contribution < 1.29 is 0 Å². The Bertz CT molecular complexity index is 1100. The average Bonchev–Trinajstić information content (AvgIpc) is 3.21. The number of hydrogen-bond acceptors (Lipinski definition) is 4. The lowest BCUT2D eigenvalue weighted by molar-refractivity contribution is 0.500. The molecule has 0 aliphatic carbocycles. The first kappa shape index (κ1) is 17.6. The van der Waals surface area contributed by atoms with E-state index in [9.17, 15) is 4.79 Å². The van der Waals surface area contributed by atoms with Crippen molar-refractivity contribution in [3.05, 3.63) is 98.2 Å². The molecule has 0 radical (unpaired) electrons. The Kier molecular flexibility index (Phi) is 4.88. The van der Waals surface area contributed by atoms with Crippen molar-refractivity contribution in [2.75, 3.05) is 0 Å². The van der Waals surface area contributed by atoms with Crippen LogP contribution in [0.25, 0.3) is 10.9 Å². The van der Waals surface area contributed by atoms with Crippen molar-refractivity contribution in [1.82, 2.24) is 15.3 Å². The van der Waals surface area contributed by atoms with E-state index >= 15 is 0 Å². The predicted molar refractivity (Wildman–Crippen MR) is 111 cm³/mol. The molecule has 136 valence electrons. The van der Waals surface area contributed by atoms with Gasteiger partial charge in [0.2, 0.25) is 0 Å². The molecule has 4 aromatic rings. The molecule has 2 atom stereocenters. The van der Waals surface area contributed by atoms with E-state index < -0.39 is 0 Å². The molecule has 27 heavy (non-hydrogen) atoms. The Labute approximate surface area is 161 Å². The number of thiophene rings is 1. The third-order valence-corrected chi connectivity index (χ3v) is 5.63. The van der Waals surface area contributed by atoms with Crippen molar-refractivity contribution in [2.45, 2.75) is 25.9 Å². The van der Waals surface area contributed by atoms with Gasteiger partial charge in [-0.25, -0.2) is 4.98 Å². The first-order valence-corrected chi connectivity index (χ1v) is 9.85. The second-order valence-corrected chi connectivity index (χ2v) is 7.70. The molecule has 2 aromatic carbocycles. The number of aryl methyl sites for hydroxylation is 1. The molecule has 0 saturated carbocycles. The van der Waals surface area contributed by atoms with Crippen LogP contribution in [0.4, 0.5) is 0 Å². The van der Waals surface area contributed by atoms with E-state index in [0.717, 1.165) is 0 Å². The molecule has 2 N–H and O–H groups in total. The standard InChI is InChI=1S/C22H21N3OS/c1-14-9-11-16(12-10-14)20(19-8-5-13-27-19)23-15(2)21-24-18-7-4-3-6-17(18)22(26)25-21/h3-13,15,20,23H,1-2H3,(H,24,25,26)/t15-,20-/m1/s1. The Hall–Kier alpha value is -2.76. The SMILES string of the molecule is Cc1ccc([C@@H](N[C@H](C)c2nc3ccccc3c(=O)[nH]2)c2cccs2)cc1. The van der Waals surface area contributed by atoms with E-state index in [2.05, 4.69) is 64.0 Å². The smallest absolute Gasteiger partial charge is 0.258 e. The molecule has 0 unspecified atom stereocenters. The van der Waals surface area contributed by atoms with E-state index in [4.69, 9.17) is 0 Å². The zero-order valence-electron chi connectivity index (χ0n) is 15.3. The molecule has 0 aliphatic rings.